The SMILES string of the molecule is COC(C)(C)COC(=O)[C@H](C)NP(=O)(OC[C@H]1O[C@@](C#N)(c2ccc3c(N)ncnn23)[C@H](O)[C@@H]1O)Oc1ccc(C(C)(C)C)cc1. The van der Waals surface area contributed by atoms with Gasteiger partial charge < -0.3 is 34.7 Å². The fourth-order valence-electron chi connectivity index (χ4n) is 4.69. The number of rotatable bonds is 12. The minimum Gasteiger partial charge on any atom is -0.461 e. The largest absolute Gasteiger partial charge is 0.461 e. The number of ether oxygens (including phenoxy) is 3. The maximum Gasteiger partial charge on any atom is 0.459 e. The van der Waals surface area contributed by atoms with Crippen molar-refractivity contribution in [3.63, 3.8) is 0 Å². The summed E-state index contributed by atoms with van der Waals surface area (Å²) in [6.45, 7) is 10.3. The third kappa shape index (κ3) is 7.34. The molecule has 16 heteroatoms. The number of carbonyl (C=O) groups is 1. The normalized spacial score (nSPS) is 23.9. The molecule has 5 N–H and O–H groups in total. The van der Waals surface area contributed by atoms with Gasteiger partial charge in [-0.05, 0) is 56.0 Å². The van der Waals surface area contributed by atoms with Gasteiger partial charge in [0, 0.05) is 7.11 Å². The van der Waals surface area contributed by atoms with Crippen LogP contribution in [0.15, 0.2) is 42.7 Å². The molecule has 1 aliphatic heterocycles. The van der Waals surface area contributed by atoms with Crippen LogP contribution in [0, 0.1) is 11.3 Å². The summed E-state index contributed by atoms with van der Waals surface area (Å²) in [4.78, 5) is 16.7. The highest BCUT2D eigenvalue weighted by molar-refractivity contribution is 7.52. The van der Waals surface area contributed by atoms with Gasteiger partial charge >= 0.3 is 13.7 Å². The van der Waals surface area contributed by atoms with E-state index in [4.69, 9.17) is 29.0 Å². The number of fused-ring (bicyclic) bond motifs is 1. The predicted octanol–water partition coefficient (Wildman–Crippen LogP) is 2.60. The Balaban J connectivity index is 1.58. The molecule has 0 aliphatic carbocycles. The molecular formula is C30H41N6O9P. The Morgan fingerprint density at radius 1 is 1.22 bits per heavy atom. The number of nitriles is 1. The predicted molar refractivity (Wildman–Crippen MR) is 166 cm³/mol. The molecule has 0 amide bonds. The second-order valence-electron chi connectivity index (χ2n) is 12.7. The van der Waals surface area contributed by atoms with Crippen LogP contribution in [0.5, 0.6) is 5.75 Å². The summed E-state index contributed by atoms with van der Waals surface area (Å²) in [6, 6.07) is 10.6. The molecule has 46 heavy (non-hydrogen) atoms. The fraction of sp³-hybridized carbons (Fsp3) is 0.533. The van der Waals surface area contributed by atoms with E-state index >= 15 is 0 Å². The first kappa shape index (κ1) is 35.2. The summed E-state index contributed by atoms with van der Waals surface area (Å²) in [5.74, 6) is -0.459. The van der Waals surface area contributed by atoms with E-state index in [-0.39, 0.29) is 29.3 Å². The Bertz CT molecular complexity index is 1630. The molecule has 1 saturated heterocycles. The van der Waals surface area contributed by atoms with Gasteiger partial charge in [0.25, 0.3) is 0 Å². The lowest BCUT2D eigenvalue weighted by molar-refractivity contribution is -0.153. The molecule has 1 aromatic carbocycles. The molecule has 0 radical (unpaired) electrons. The molecule has 4 rings (SSSR count). The quantitative estimate of drug-likeness (QED) is 0.162. The van der Waals surface area contributed by atoms with Crippen molar-refractivity contribution in [3.05, 3.63) is 54.0 Å². The fourth-order valence-corrected chi connectivity index (χ4v) is 6.19. The number of nitrogen functional groups attached to an aromatic ring is 1. The molecule has 15 nitrogen and oxygen atoms in total. The molecule has 3 aromatic rings. The first-order valence-electron chi connectivity index (χ1n) is 14.5. The van der Waals surface area contributed by atoms with Crippen LogP contribution in [0.2, 0.25) is 0 Å². The van der Waals surface area contributed by atoms with Gasteiger partial charge in [0.05, 0.1) is 17.9 Å². The van der Waals surface area contributed by atoms with Crippen LogP contribution in [0.4, 0.5) is 5.82 Å². The number of esters is 1. The van der Waals surface area contributed by atoms with Crippen LogP contribution in [0.1, 0.15) is 52.8 Å². The lowest BCUT2D eigenvalue weighted by Crippen LogP contribution is -2.41. The van der Waals surface area contributed by atoms with Crippen LogP contribution in [0.3, 0.4) is 0 Å². The molecule has 250 valence electrons. The standard InChI is InChI=1S/C30H41N6O9P/c1-18(27(39)42-16-29(5,6)41-7)35-46(40,45-20-10-8-19(9-11-20)28(2,3)4)43-14-22-24(37)25(38)30(15-31,44-22)23-13-12-21-26(32)33-17-34-36(21)23/h8-13,17-18,22,24-25,37-38H,14,16H2,1-7H3,(H,35,40)(H2,32,33,34)/t18-,22+,24+,25+,30-,46?/m0/s1. The van der Waals surface area contributed by atoms with Gasteiger partial charge in [0.2, 0.25) is 5.60 Å². The van der Waals surface area contributed by atoms with E-state index in [2.05, 4.69) is 15.2 Å². The summed E-state index contributed by atoms with van der Waals surface area (Å²) in [5.41, 5.74) is 4.34. The molecule has 0 bridgehead atoms. The molecule has 0 spiro atoms. The second-order valence-corrected chi connectivity index (χ2v) is 14.4. The van der Waals surface area contributed by atoms with Gasteiger partial charge in [-0.25, -0.2) is 14.1 Å². The summed E-state index contributed by atoms with van der Waals surface area (Å²) in [6.07, 6.45) is -3.63. The highest BCUT2D eigenvalue weighted by atomic mass is 31.2. The van der Waals surface area contributed by atoms with E-state index in [1.807, 2.05) is 39.0 Å². The van der Waals surface area contributed by atoms with Crippen LogP contribution >= 0.6 is 7.75 Å². The molecule has 3 heterocycles. The maximum atomic E-state index is 14.2. The Morgan fingerprint density at radius 3 is 2.50 bits per heavy atom. The lowest BCUT2D eigenvalue weighted by atomic mass is 9.87. The van der Waals surface area contributed by atoms with Crippen molar-refractivity contribution in [1.82, 2.24) is 19.7 Å². The van der Waals surface area contributed by atoms with Gasteiger partial charge in [0.15, 0.2) is 5.82 Å². The number of anilines is 1. The van der Waals surface area contributed by atoms with Crippen molar-refractivity contribution < 1.29 is 42.8 Å². The Hall–Kier alpha value is -3.61. The number of nitrogens with one attached hydrogen (secondary N) is 1. The molecule has 6 atom stereocenters. The second kappa shape index (κ2) is 13.2. The average molecular weight is 661 g/mol. The van der Waals surface area contributed by atoms with Crippen molar-refractivity contribution in [1.29, 1.82) is 5.26 Å². The molecule has 1 fully saturated rings. The third-order valence-electron chi connectivity index (χ3n) is 7.66. The van der Waals surface area contributed by atoms with E-state index < -0.39 is 55.9 Å². The zero-order chi connectivity index (χ0) is 34.1. The van der Waals surface area contributed by atoms with E-state index in [0.717, 1.165) is 5.56 Å². The number of aliphatic hydroxyl groups is 2. The van der Waals surface area contributed by atoms with Crippen LogP contribution in [0.25, 0.3) is 5.52 Å². The van der Waals surface area contributed by atoms with Gasteiger partial charge in [-0.15, -0.1) is 0 Å². The summed E-state index contributed by atoms with van der Waals surface area (Å²) in [7, 11) is -2.93. The number of carbonyl (C=O) groups excluding carboxylic acids is 1. The van der Waals surface area contributed by atoms with E-state index in [0.29, 0.717) is 5.52 Å². The monoisotopic (exact) mass is 660 g/mol. The van der Waals surface area contributed by atoms with Gasteiger partial charge in [0.1, 0.15) is 54.6 Å². The molecule has 1 unspecified atom stereocenters. The highest BCUT2D eigenvalue weighted by Crippen LogP contribution is 2.47. The Kier molecular flexibility index (Phi) is 10.2. The van der Waals surface area contributed by atoms with Crippen molar-refractivity contribution in [2.24, 2.45) is 0 Å². The molecule has 1 aliphatic rings. The van der Waals surface area contributed by atoms with Crippen molar-refractivity contribution in [3.8, 4) is 11.8 Å². The first-order valence-corrected chi connectivity index (χ1v) is 16.1. The summed E-state index contributed by atoms with van der Waals surface area (Å²) >= 11 is 0. The lowest BCUT2D eigenvalue weighted by Gasteiger charge is -2.27. The maximum absolute atomic E-state index is 14.2. The average Bonchev–Trinajstić information content (AvgIpc) is 3.55. The number of aliphatic hydroxyl groups excluding tert-OH is 2. The Labute approximate surface area is 267 Å². The number of methoxy groups -OCH3 is 1. The summed E-state index contributed by atoms with van der Waals surface area (Å²) in [5, 5.41) is 38.9. The van der Waals surface area contributed by atoms with Crippen molar-refractivity contribution in [2.75, 3.05) is 26.1 Å². The van der Waals surface area contributed by atoms with Crippen LogP contribution in [-0.2, 0) is 39.1 Å². The molecule has 2 aromatic heterocycles. The van der Waals surface area contributed by atoms with E-state index in [1.54, 1.807) is 32.0 Å². The van der Waals surface area contributed by atoms with Crippen molar-refractivity contribution >= 4 is 25.1 Å². The highest BCUT2D eigenvalue weighted by Gasteiger charge is 2.58. The minimum absolute atomic E-state index is 0.0736. The van der Waals surface area contributed by atoms with E-state index in [9.17, 15) is 24.8 Å². The Morgan fingerprint density at radius 2 is 1.89 bits per heavy atom. The molecule has 0 saturated carbocycles. The number of nitrogens with zero attached hydrogens (tertiary/aromatic N) is 4. The topological polar surface area (TPSA) is 213 Å². The minimum atomic E-state index is -4.41. The smallest absolute Gasteiger partial charge is 0.459 e. The summed E-state index contributed by atoms with van der Waals surface area (Å²) < 4.78 is 43.5. The third-order valence-corrected chi connectivity index (χ3v) is 9.30. The van der Waals surface area contributed by atoms with Gasteiger partial charge in [-0.3, -0.25) is 9.32 Å². The number of benzene rings is 1. The van der Waals surface area contributed by atoms with Crippen LogP contribution < -0.4 is 15.3 Å². The first-order chi connectivity index (χ1) is 21.4. The zero-order valence-electron chi connectivity index (χ0n) is 26.8. The van der Waals surface area contributed by atoms with Gasteiger partial charge in [-0.2, -0.15) is 15.4 Å². The number of aromatic nitrogens is 3. The van der Waals surface area contributed by atoms with E-state index in [1.165, 1.54) is 30.9 Å². The number of hydrogen-bond acceptors (Lipinski definition) is 13. The number of nitrogens with two attached hydrogens (primary N) is 1. The van der Waals surface area contributed by atoms with Crippen LogP contribution in [-0.4, -0.2) is 81.1 Å². The van der Waals surface area contributed by atoms with Crippen molar-refractivity contribution in [2.45, 2.75) is 82.5 Å². The number of hydrogen-bond donors (Lipinski definition) is 4. The zero-order valence-corrected chi connectivity index (χ0v) is 27.7. The van der Waals surface area contributed by atoms with Gasteiger partial charge in [-0.1, -0.05) is 32.9 Å². The molecular weight excluding hydrogens is 619 g/mol.